The molecule has 19 heavy (non-hydrogen) atoms. The highest BCUT2D eigenvalue weighted by Gasteiger charge is 2.34. The van der Waals surface area contributed by atoms with Crippen molar-refractivity contribution in [1.29, 1.82) is 0 Å². The monoisotopic (exact) mass is 280 g/mol. The first-order valence-electron chi connectivity index (χ1n) is 6.11. The second-order valence-electron chi connectivity index (χ2n) is 4.92. The number of amides is 1. The number of nitrogens with one attached hydrogen (secondary N) is 1. The third-order valence-electron chi connectivity index (χ3n) is 3.35. The molecule has 1 heterocycles. The Bertz CT molecular complexity index is 576. The van der Waals surface area contributed by atoms with Crippen molar-refractivity contribution in [3.63, 3.8) is 0 Å². The van der Waals surface area contributed by atoms with Crippen molar-refractivity contribution in [2.45, 2.75) is 25.7 Å². The van der Waals surface area contributed by atoms with Crippen LogP contribution in [0.3, 0.4) is 0 Å². The van der Waals surface area contributed by atoms with Crippen LogP contribution in [-0.2, 0) is 16.0 Å². The molecule has 0 bridgehead atoms. The number of hydrogen-bond donors (Lipinski definition) is 2. The van der Waals surface area contributed by atoms with Crippen LogP contribution in [-0.4, -0.2) is 27.8 Å². The van der Waals surface area contributed by atoms with Gasteiger partial charge in [-0.25, -0.2) is 4.98 Å². The van der Waals surface area contributed by atoms with Gasteiger partial charge in [-0.15, -0.1) is 0 Å². The number of anilines is 1. The first kappa shape index (κ1) is 12.3. The number of carbonyl (C=O) groups excluding carboxylic acids is 2. The van der Waals surface area contributed by atoms with Crippen LogP contribution in [0.1, 0.15) is 34.6 Å². The zero-order chi connectivity index (χ0) is 13.6. The highest BCUT2D eigenvalue weighted by molar-refractivity contribution is 7.17. The smallest absolute Gasteiger partial charge is 0.307 e. The van der Waals surface area contributed by atoms with Gasteiger partial charge in [-0.2, -0.15) is 0 Å². The third-order valence-corrected chi connectivity index (χ3v) is 4.40. The number of carboxylic acid groups (broad SMARTS) is 1. The number of carbonyl (C=O) groups is 3. The van der Waals surface area contributed by atoms with Gasteiger partial charge >= 0.3 is 5.97 Å². The fourth-order valence-electron chi connectivity index (χ4n) is 2.11. The Morgan fingerprint density at radius 1 is 1.26 bits per heavy atom. The summed E-state index contributed by atoms with van der Waals surface area (Å²) in [6.07, 6.45) is 2.07. The molecule has 1 aromatic heterocycles. The molecule has 1 amide bonds. The number of carboxylic acids is 1. The number of aromatic nitrogens is 1. The molecule has 1 unspecified atom stereocenters. The summed E-state index contributed by atoms with van der Waals surface area (Å²) in [7, 11) is 0. The highest BCUT2D eigenvalue weighted by atomic mass is 32.1. The molecule has 6 nitrogen and oxygen atoms in total. The lowest BCUT2D eigenvalue weighted by atomic mass is 9.90. The van der Waals surface area contributed by atoms with Gasteiger partial charge in [0.15, 0.2) is 10.9 Å². The van der Waals surface area contributed by atoms with Gasteiger partial charge < -0.3 is 10.4 Å². The van der Waals surface area contributed by atoms with Gasteiger partial charge in [0.05, 0.1) is 16.5 Å². The topological polar surface area (TPSA) is 96.4 Å². The second-order valence-corrected chi connectivity index (χ2v) is 5.92. The molecule has 0 aromatic carbocycles. The van der Waals surface area contributed by atoms with Crippen LogP contribution in [0.25, 0.3) is 0 Å². The lowest BCUT2D eigenvalue weighted by molar-refractivity contribution is -0.141. The van der Waals surface area contributed by atoms with Crippen LogP contribution in [0.4, 0.5) is 5.13 Å². The van der Waals surface area contributed by atoms with Gasteiger partial charge in [0.1, 0.15) is 0 Å². The van der Waals surface area contributed by atoms with Crippen molar-refractivity contribution in [3.8, 4) is 0 Å². The fourth-order valence-corrected chi connectivity index (χ4v) is 3.06. The number of aliphatic carboxylic acids is 1. The molecule has 0 aliphatic heterocycles. The quantitative estimate of drug-likeness (QED) is 0.870. The fraction of sp³-hybridized carbons (Fsp3) is 0.500. The van der Waals surface area contributed by atoms with E-state index in [0.29, 0.717) is 15.7 Å². The predicted molar refractivity (Wildman–Crippen MR) is 67.2 cm³/mol. The Balaban J connectivity index is 1.80. The summed E-state index contributed by atoms with van der Waals surface area (Å²) in [4.78, 5) is 39.1. The minimum atomic E-state index is -0.976. The summed E-state index contributed by atoms with van der Waals surface area (Å²) in [5.41, 5.74) is 0.500. The van der Waals surface area contributed by atoms with Crippen LogP contribution in [0.15, 0.2) is 0 Å². The molecular weight excluding hydrogens is 268 g/mol. The summed E-state index contributed by atoms with van der Waals surface area (Å²) >= 11 is 1.15. The molecule has 3 rings (SSSR count). The number of ketones is 1. The molecule has 1 fully saturated rings. The van der Waals surface area contributed by atoms with Gasteiger partial charge in [-0.1, -0.05) is 11.3 Å². The molecule has 1 saturated carbocycles. The molecule has 2 aliphatic carbocycles. The van der Waals surface area contributed by atoms with E-state index >= 15 is 0 Å². The predicted octanol–water partition coefficient (Wildman–Crippen LogP) is 1.32. The van der Waals surface area contributed by atoms with Crippen LogP contribution in [0.2, 0.25) is 0 Å². The molecule has 0 saturated heterocycles. The van der Waals surface area contributed by atoms with Crippen molar-refractivity contribution in [3.05, 3.63) is 10.6 Å². The Kier molecular flexibility index (Phi) is 2.85. The number of Topliss-reactive ketones (excluding diaryl/α,β-unsaturated/α-hetero) is 1. The Hall–Kier alpha value is -1.76. The average molecular weight is 280 g/mol. The van der Waals surface area contributed by atoms with E-state index in [-0.39, 0.29) is 30.4 Å². The Labute approximate surface area is 112 Å². The molecule has 1 aromatic rings. The molecule has 1 atom stereocenters. The number of nitrogens with zero attached hydrogens (tertiary/aromatic N) is 1. The maximum Gasteiger partial charge on any atom is 0.307 e. The van der Waals surface area contributed by atoms with E-state index in [9.17, 15) is 14.4 Å². The van der Waals surface area contributed by atoms with Gasteiger partial charge in [-0.3, -0.25) is 14.4 Å². The summed E-state index contributed by atoms with van der Waals surface area (Å²) in [5, 5.41) is 12.1. The number of rotatable bonds is 3. The minimum absolute atomic E-state index is 0.0144. The van der Waals surface area contributed by atoms with E-state index in [1.807, 2.05) is 0 Å². The molecule has 2 aliphatic rings. The lowest BCUT2D eigenvalue weighted by Gasteiger charge is -2.15. The summed E-state index contributed by atoms with van der Waals surface area (Å²) < 4.78 is 0. The van der Waals surface area contributed by atoms with Gasteiger partial charge in [0.25, 0.3) is 0 Å². The number of thiazole rings is 1. The van der Waals surface area contributed by atoms with Crippen molar-refractivity contribution in [2.75, 3.05) is 5.32 Å². The van der Waals surface area contributed by atoms with Crippen molar-refractivity contribution < 1.29 is 19.5 Å². The van der Waals surface area contributed by atoms with E-state index < -0.39 is 11.9 Å². The molecule has 7 heteroatoms. The first-order chi connectivity index (χ1) is 9.04. The van der Waals surface area contributed by atoms with Crippen LogP contribution in [0, 0.1) is 11.8 Å². The van der Waals surface area contributed by atoms with Crippen LogP contribution >= 0.6 is 11.3 Å². The van der Waals surface area contributed by atoms with Gasteiger partial charge in [0, 0.05) is 18.8 Å². The van der Waals surface area contributed by atoms with Gasteiger partial charge in [0.2, 0.25) is 5.91 Å². The normalized spacial score (nSPS) is 21.9. The van der Waals surface area contributed by atoms with Gasteiger partial charge in [-0.05, 0) is 12.8 Å². The molecule has 0 spiro atoms. The number of fused-ring (bicyclic) bond motifs is 1. The summed E-state index contributed by atoms with van der Waals surface area (Å²) in [5.74, 6) is -1.86. The van der Waals surface area contributed by atoms with E-state index in [2.05, 4.69) is 10.3 Å². The highest BCUT2D eigenvalue weighted by Crippen LogP contribution is 2.34. The lowest BCUT2D eigenvalue weighted by Crippen LogP contribution is -2.25. The van der Waals surface area contributed by atoms with E-state index in [4.69, 9.17) is 5.11 Å². The summed E-state index contributed by atoms with van der Waals surface area (Å²) in [6.45, 7) is 0. The minimum Gasteiger partial charge on any atom is -0.481 e. The van der Waals surface area contributed by atoms with Crippen LogP contribution in [0.5, 0.6) is 0 Å². The standard InChI is InChI=1S/C12H12N2O4S/c15-8-4-6(11(17)18)3-7-9(8)19-12(13-7)14-10(16)5-1-2-5/h5-6H,1-4H2,(H,17,18)(H,13,14,16). The van der Waals surface area contributed by atoms with Crippen molar-refractivity contribution >= 4 is 34.1 Å². The molecule has 100 valence electrons. The van der Waals surface area contributed by atoms with Crippen molar-refractivity contribution in [1.82, 2.24) is 4.98 Å². The first-order valence-corrected chi connectivity index (χ1v) is 6.93. The zero-order valence-electron chi connectivity index (χ0n) is 10.0. The number of hydrogen-bond acceptors (Lipinski definition) is 5. The van der Waals surface area contributed by atoms with E-state index in [1.165, 1.54) is 0 Å². The molecule has 0 radical (unpaired) electrons. The molecular formula is C12H12N2O4S. The molecule has 2 N–H and O–H groups in total. The SMILES string of the molecule is O=C1CC(C(=O)O)Cc2nc(NC(=O)C3CC3)sc21. The largest absolute Gasteiger partial charge is 0.481 e. The van der Waals surface area contributed by atoms with Crippen LogP contribution < -0.4 is 5.32 Å². The third kappa shape index (κ3) is 2.37. The Morgan fingerprint density at radius 3 is 2.63 bits per heavy atom. The maximum atomic E-state index is 11.8. The van der Waals surface area contributed by atoms with E-state index in [1.54, 1.807) is 0 Å². The second kappa shape index (κ2) is 4.41. The van der Waals surface area contributed by atoms with E-state index in [0.717, 1.165) is 24.2 Å². The van der Waals surface area contributed by atoms with Crippen molar-refractivity contribution in [2.24, 2.45) is 11.8 Å². The Morgan fingerprint density at radius 2 is 2.00 bits per heavy atom. The maximum absolute atomic E-state index is 11.8. The zero-order valence-corrected chi connectivity index (χ0v) is 10.8. The average Bonchev–Trinajstić information content (AvgIpc) is 3.11. The summed E-state index contributed by atoms with van der Waals surface area (Å²) in [6, 6.07) is 0.